The Morgan fingerprint density at radius 2 is 1.94 bits per heavy atom. The first kappa shape index (κ1) is 13.3. The summed E-state index contributed by atoms with van der Waals surface area (Å²) >= 11 is 0. The summed E-state index contributed by atoms with van der Waals surface area (Å²) in [6.45, 7) is 13.5. The number of urea groups is 1. The first-order chi connectivity index (χ1) is 7.17. The lowest BCUT2D eigenvalue weighted by atomic mass is 9.86. The fourth-order valence-electron chi connectivity index (χ4n) is 2.31. The molecule has 1 fully saturated rings. The summed E-state index contributed by atoms with van der Waals surface area (Å²) in [6, 6.07) is 0.0844. The molecule has 0 aromatic carbocycles. The Balaban J connectivity index is 2.76. The van der Waals surface area contributed by atoms with Crippen molar-refractivity contribution >= 4 is 6.03 Å². The van der Waals surface area contributed by atoms with E-state index in [2.05, 4.69) is 26.1 Å². The predicted octanol–water partition coefficient (Wildman–Crippen LogP) is 3.01. The largest absolute Gasteiger partial charge is 0.333 e. The Morgan fingerprint density at radius 1 is 1.38 bits per heavy atom. The Bertz CT molecular complexity index is 268. The molecule has 1 atom stereocenters. The highest BCUT2D eigenvalue weighted by atomic mass is 16.2. The van der Waals surface area contributed by atoms with Gasteiger partial charge in [-0.15, -0.1) is 0 Å². The van der Waals surface area contributed by atoms with Gasteiger partial charge in [-0.3, -0.25) is 0 Å². The van der Waals surface area contributed by atoms with E-state index in [1.165, 1.54) is 0 Å². The van der Waals surface area contributed by atoms with Gasteiger partial charge in [0.2, 0.25) is 0 Å². The van der Waals surface area contributed by atoms with Crippen LogP contribution in [0, 0.1) is 5.92 Å². The van der Waals surface area contributed by atoms with E-state index in [1.54, 1.807) is 0 Å². The molecule has 0 bridgehead atoms. The Labute approximate surface area is 99.6 Å². The van der Waals surface area contributed by atoms with Crippen molar-refractivity contribution in [3.8, 4) is 0 Å². The maximum atomic E-state index is 12.2. The summed E-state index contributed by atoms with van der Waals surface area (Å²) in [7, 11) is 0. The summed E-state index contributed by atoms with van der Waals surface area (Å²) in [5, 5.41) is 3.06. The standard InChI is InChI=1S/C13H26N2O/c1-10(2)13(6)8-7-9-15(13)11(16)14-12(3,4)5/h10H,7-9H2,1-6H3,(H,14,16)/t13-/m0/s1. The van der Waals surface area contributed by atoms with E-state index >= 15 is 0 Å². The van der Waals surface area contributed by atoms with Gasteiger partial charge in [-0.05, 0) is 46.5 Å². The minimum atomic E-state index is -0.155. The Kier molecular flexibility index (Phi) is 3.56. The summed E-state index contributed by atoms with van der Waals surface area (Å²) in [5.41, 5.74) is -0.132. The highest BCUT2D eigenvalue weighted by Crippen LogP contribution is 2.35. The van der Waals surface area contributed by atoms with Gasteiger partial charge in [0.1, 0.15) is 0 Å². The summed E-state index contributed by atoms with van der Waals surface area (Å²) in [4.78, 5) is 14.2. The SMILES string of the molecule is CC(C)[C@]1(C)CCCN1C(=O)NC(C)(C)C. The fourth-order valence-corrected chi connectivity index (χ4v) is 2.31. The first-order valence-corrected chi connectivity index (χ1v) is 6.26. The van der Waals surface area contributed by atoms with Gasteiger partial charge in [-0.2, -0.15) is 0 Å². The molecule has 1 aliphatic heterocycles. The van der Waals surface area contributed by atoms with Crippen LogP contribution in [0.5, 0.6) is 0 Å². The average Bonchev–Trinajstić information content (AvgIpc) is 2.45. The molecule has 16 heavy (non-hydrogen) atoms. The van der Waals surface area contributed by atoms with E-state index in [4.69, 9.17) is 0 Å². The number of rotatable bonds is 1. The van der Waals surface area contributed by atoms with Crippen molar-refractivity contribution in [1.82, 2.24) is 10.2 Å². The summed E-state index contributed by atoms with van der Waals surface area (Å²) in [6.07, 6.45) is 2.23. The zero-order valence-electron chi connectivity index (χ0n) is 11.6. The van der Waals surface area contributed by atoms with E-state index in [1.807, 2.05) is 25.7 Å². The monoisotopic (exact) mass is 226 g/mol. The second kappa shape index (κ2) is 4.27. The van der Waals surface area contributed by atoms with E-state index in [0.717, 1.165) is 19.4 Å². The van der Waals surface area contributed by atoms with Gasteiger partial charge in [0.05, 0.1) is 0 Å². The van der Waals surface area contributed by atoms with Crippen LogP contribution >= 0.6 is 0 Å². The molecule has 0 aromatic rings. The molecule has 94 valence electrons. The fraction of sp³-hybridized carbons (Fsp3) is 0.923. The lowest BCUT2D eigenvalue weighted by molar-refractivity contribution is 0.118. The molecular weight excluding hydrogens is 200 g/mol. The molecule has 0 radical (unpaired) electrons. The highest BCUT2D eigenvalue weighted by Gasteiger charge is 2.42. The molecule has 1 saturated heterocycles. The third-order valence-electron chi connectivity index (χ3n) is 3.65. The minimum absolute atomic E-state index is 0.0231. The van der Waals surface area contributed by atoms with Crippen molar-refractivity contribution in [1.29, 1.82) is 0 Å². The molecule has 1 aliphatic rings. The molecule has 1 rings (SSSR count). The number of hydrogen-bond donors (Lipinski definition) is 1. The molecule has 1 N–H and O–H groups in total. The van der Waals surface area contributed by atoms with Crippen LogP contribution in [0.2, 0.25) is 0 Å². The molecule has 0 unspecified atom stereocenters. The van der Waals surface area contributed by atoms with Crippen molar-refractivity contribution in [2.75, 3.05) is 6.54 Å². The number of hydrogen-bond acceptors (Lipinski definition) is 1. The minimum Gasteiger partial charge on any atom is -0.333 e. The second-order valence-electron chi connectivity index (χ2n) is 6.45. The van der Waals surface area contributed by atoms with Gasteiger partial charge < -0.3 is 10.2 Å². The van der Waals surface area contributed by atoms with Crippen molar-refractivity contribution in [2.24, 2.45) is 5.92 Å². The number of nitrogens with zero attached hydrogens (tertiary/aromatic N) is 1. The van der Waals surface area contributed by atoms with Gasteiger partial charge in [-0.25, -0.2) is 4.79 Å². The van der Waals surface area contributed by atoms with E-state index < -0.39 is 0 Å². The molecule has 1 heterocycles. The van der Waals surface area contributed by atoms with E-state index in [9.17, 15) is 4.79 Å². The van der Waals surface area contributed by atoms with E-state index in [-0.39, 0.29) is 17.1 Å². The lowest BCUT2D eigenvalue weighted by Crippen LogP contribution is -2.56. The highest BCUT2D eigenvalue weighted by molar-refractivity contribution is 5.76. The third-order valence-corrected chi connectivity index (χ3v) is 3.65. The number of carbonyl (C=O) groups is 1. The molecule has 2 amide bonds. The van der Waals surface area contributed by atoms with Crippen LogP contribution < -0.4 is 5.32 Å². The van der Waals surface area contributed by atoms with Crippen LogP contribution in [0.25, 0.3) is 0 Å². The molecule has 3 nitrogen and oxygen atoms in total. The molecule has 0 spiro atoms. The zero-order valence-corrected chi connectivity index (χ0v) is 11.6. The van der Waals surface area contributed by atoms with Crippen LogP contribution in [0.3, 0.4) is 0 Å². The lowest BCUT2D eigenvalue weighted by Gasteiger charge is -2.40. The second-order valence-corrected chi connectivity index (χ2v) is 6.45. The van der Waals surface area contributed by atoms with Crippen molar-refractivity contribution < 1.29 is 4.79 Å². The number of nitrogens with one attached hydrogen (secondary N) is 1. The Morgan fingerprint density at radius 3 is 2.38 bits per heavy atom. The van der Waals surface area contributed by atoms with Gasteiger partial charge in [0.25, 0.3) is 0 Å². The average molecular weight is 226 g/mol. The third kappa shape index (κ3) is 2.69. The smallest absolute Gasteiger partial charge is 0.318 e. The molecule has 3 heteroatoms. The van der Waals surface area contributed by atoms with Crippen molar-refractivity contribution in [3.63, 3.8) is 0 Å². The number of amides is 2. The molecular formula is C13H26N2O. The molecule has 0 aliphatic carbocycles. The summed E-state index contributed by atoms with van der Waals surface area (Å²) < 4.78 is 0. The maximum absolute atomic E-state index is 12.2. The first-order valence-electron chi connectivity index (χ1n) is 6.26. The van der Waals surface area contributed by atoms with Crippen LogP contribution in [-0.4, -0.2) is 28.6 Å². The van der Waals surface area contributed by atoms with Crippen LogP contribution in [0.4, 0.5) is 4.79 Å². The van der Waals surface area contributed by atoms with Gasteiger partial charge in [-0.1, -0.05) is 13.8 Å². The Hall–Kier alpha value is -0.730. The van der Waals surface area contributed by atoms with Crippen molar-refractivity contribution in [2.45, 2.75) is 65.5 Å². The summed E-state index contributed by atoms with van der Waals surface area (Å²) in [5.74, 6) is 0.501. The van der Waals surface area contributed by atoms with Gasteiger partial charge >= 0.3 is 6.03 Å². The van der Waals surface area contributed by atoms with Gasteiger partial charge in [0.15, 0.2) is 0 Å². The van der Waals surface area contributed by atoms with Crippen molar-refractivity contribution in [3.05, 3.63) is 0 Å². The number of likely N-dealkylation sites (tertiary alicyclic amines) is 1. The zero-order chi connectivity index (χ0) is 12.6. The maximum Gasteiger partial charge on any atom is 0.318 e. The number of carbonyl (C=O) groups excluding carboxylic acids is 1. The van der Waals surface area contributed by atoms with E-state index in [0.29, 0.717) is 5.92 Å². The normalized spacial score (nSPS) is 26.3. The molecule has 0 saturated carbocycles. The van der Waals surface area contributed by atoms with Crippen LogP contribution in [0.1, 0.15) is 54.4 Å². The van der Waals surface area contributed by atoms with Gasteiger partial charge in [0, 0.05) is 17.6 Å². The quantitative estimate of drug-likeness (QED) is 0.732. The topological polar surface area (TPSA) is 32.3 Å². The predicted molar refractivity (Wildman–Crippen MR) is 67.5 cm³/mol. The molecule has 0 aromatic heterocycles. The van der Waals surface area contributed by atoms with Crippen LogP contribution in [-0.2, 0) is 0 Å². The van der Waals surface area contributed by atoms with Crippen LogP contribution in [0.15, 0.2) is 0 Å².